The zero-order valence-electron chi connectivity index (χ0n) is 11.4. The molecule has 0 spiro atoms. The van der Waals surface area contributed by atoms with Gasteiger partial charge in [0.2, 0.25) is 5.91 Å². The third-order valence-electron chi connectivity index (χ3n) is 4.01. The molecule has 0 saturated carbocycles. The Bertz CT molecular complexity index is 546. The van der Waals surface area contributed by atoms with Crippen LogP contribution in [0.25, 0.3) is 0 Å². The van der Waals surface area contributed by atoms with E-state index in [4.69, 9.17) is 10.00 Å². The quantitative estimate of drug-likeness (QED) is 0.788. The summed E-state index contributed by atoms with van der Waals surface area (Å²) in [7, 11) is 0. The lowest BCUT2D eigenvalue weighted by molar-refractivity contribution is -0.136. The van der Waals surface area contributed by atoms with Gasteiger partial charge in [-0.15, -0.1) is 0 Å². The lowest BCUT2D eigenvalue weighted by Gasteiger charge is -2.31. The Morgan fingerprint density at radius 2 is 2.40 bits per heavy atom. The molecule has 2 aliphatic rings. The number of aromatic nitrogens is 2. The van der Waals surface area contributed by atoms with Gasteiger partial charge in [0.15, 0.2) is 0 Å². The predicted octanol–water partition coefficient (Wildman–Crippen LogP) is 0.513. The van der Waals surface area contributed by atoms with E-state index in [1.54, 1.807) is 11.1 Å². The Balaban J connectivity index is 1.72. The minimum absolute atomic E-state index is 0.00113. The fourth-order valence-electron chi connectivity index (χ4n) is 2.91. The van der Waals surface area contributed by atoms with Crippen LogP contribution >= 0.6 is 0 Å². The number of hydrogen-bond donors (Lipinski definition) is 0. The second-order valence-corrected chi connectivity index (χ2v) is 5.28. The molecule has 1 aromatic rings. The van der Waals surface area contributed by atoms with Gasteiger partial charge in [-0.3, -0.25) is 9.48 Å². The van der Waals surface area contributed by atoms with Crippen LogP contribution in [0.4, 0.5) is 0 Å². The average molecular weight is 274 g/mol. The molecule has 3 rings (SSSR count). The number of morpholine rings is 1. The average Bonchev–Trinajstić information content (AvgIpc) is 2.90. The van der Waals surface area contributed by atoms with Gasteiger partial charge in [0.1, 0.15) is 6.04 Å². The Hall–Kier alpha value is -1.87. The van der Waals surface area contributed by atoms with Gasteiger partial charge in [0.05, 0.1) is 31.9 Å². The number of hydrogen-bond acceptors (Lipinski definition) is 4. The Labute approximate surface area is 117 Å². The van der Waals surface area contributed by atoms with E-state index in [1.807, 2.05) is 4.68 Å². The standard InChI is InChI=1S/C14H18N4O2/c15-8-12-10-20-6-5-17(12)14(19)7-11-9-16-18-4-2-1-3-13(11)18/h9,12H,1-7,10H2. The first-order valence-corrected chi connectivity index (χ1v) is 7.10. The van der Waals surface area contributed by atoms with Crippen molar-refractivity contribution in [1.29, 1.82) is 5.26 Å². The highest BCUT2D eigenvalue weighted by molar-refractivity contribution is 5.79. The third-order valence-corrected chi connectivity index (χ3v) is 4.01. The maximum absolute atomic E-state index is 12.4. The molecule has 6 nitrogen and oxygen atoms in total. The van der Waals surface area contributed by atoms with Crippen LogP contribution in [0, 0.1) is 11.3 Å². The molecule has 3 heterocycles. The number of nitrogens with zero attached hydrogens (tertiary/aromatic N) is 4. The van der Waals surface area contributed by atoms with Gasteiger partial charge in [0.25, 0.3) is 0 Å². The molecule has 1 fully saturated rings. The van der Waals surface area contributed by atoms with Crippen LogP contribution in [0.2, 0.25) is 0 Å². The van der Waals surface area contributed by atoms with E-state index >= 15 is 0 Å². The summed E-state index contributed by atoms with van der Waals surface area (Å²) in [6.45, 7) is 2.27. The van der Waals surface area contributed by atoms with E-state index in [2.05, 4.69) is 11.2 Å². The Morgan fingerprint density at radius 1 is 1.50 bits per heavy atom. The van der Waals surface area contributed by atoms with Crippen molar-refractivity contribution in [3.8, 4) is 6.07 Å². The molecule has 1 amide bonds. The van der Waals surface area contributed by atoms with E-state index in [1.165, 1.54) is 5.69 Å². The first-order valence-electron chi connectivity index (χ1n) is 7.10. The molecule has 0 aromatic carbocycles. The number of carbonyl (C=O) groups excluding carboxylic acids is 1. The number of rotatable bonds is 2. The van der Waals surface area contributed by atoms with Crippen LogP contribution in [0.5, 0.6) is 0 Å². The summed E-state index contributed by atoms with van der Waals surface area (Å²) in [6.07, 6.45) is 5.45. The van der Waals surface area contributed by atoms with E-state index in [9.17, 15) is 4.79 Å². The van der Waals surface area contributed by atoms with Crippen molar-refractivity contribution in [2.75, 3.05) is 19.8 Å². The van der Waals surface area contributed by atoms with Gasteiger partial charge in [-0.05, 0) is 19.3 Å². The maximum Gasteiger partial charge on any atom is 0.228 e. The number of nitriles is 1. The van der Waals surface area contributed by atoms with Crippen molar-refractivity contribution >= 4 is 5.91 Å². The third kappa shape index (κ3) is 2.41. The molecule has 0 aliphatic carbocycles. The number of fused-ring (bicyclic) bond motifs is 1. The molecular weight excluding hydrogens is 256 g/mol. The maximum atomic E-state index is 12.4. The number of ether oxygens (including phenoxy) is 1. The molecule has 2 aliphatic heterocycles. The highest BCUT2D eigenvalue weighted by atomic mass is 16.5. The number of carbonyl (C=O) groups is 1. The minimum Gasteiger partial charge on any atom is -0.376 e. The van der Waals surface area contributed by atoms with Crippen molar-refractivity contribution < 1.29 is 9.53 Å². The van der Waals surface area contributed by atoms with Crippen LogP contribution in [-0.2, 0) is 28.9 Å². The molecule has 0 bridgehead atoms. The van der Waals surface area contributed by atoms with Crippen molar-refractivity contribution in [3.05, 3.63) is 17.5 Å². The summed E-state index contributed by atoms with van der Waals surface area (Å²) in [4.78, 5) is 14.0. The van der Waals surface area contributed by atoms with E-state index in [-0.39, 0.29) is 5.91 Å². The second-order valence-electron chi connectivity index (χ2n) is 5.28. The van der Waals surface area contributed by atoms with Crippen LogP contribution in [0.1, 0.15) is 24.1 Å². The monoisotopic (exact) mass is 274 g/mol. The summed E-state index contributed by atoms with van der Waals surface area (Å²) >= 11 is 0. The number of aryl methyl sites for hydroxylation is 1. The van der Waals surface area contributed by atoms with Crippen molar-refractivity contribution in [1.82, 2.24) is 14.7 Å². The van der Waals surface area contributed by atoms with Gasteiger partial charge in [0, 0.05) is 24.3 Å². The largest absolute Gasteiger partial charge is 0.376 e. The highest BCUT2D eigenvalue weighted by Crippen LogP contribution is 2.19. The van der Waals surface area contributed by atoms with Gasteiger partial charge in [-0.2, -0.15) is 10.4 Å². The molecule has 20 heavy (non-hydrogen) atoms. The summed E-state index contributed by atoms with van der Waals surface area (Å²) in [5, 5.41) is 13.4. The molecule has 106 valence electrons. The first-order chi connectivity index (χ1) is 9.79. The summed E-state index contributed by atoms with van der Waals surface area (Å²) < 4.78 is 7.25. The predicted molar refractivity (Wildman–Crippen MR) is 70.8 cm³/mol. The SMILES string of the molecule is N#CC1COCCN1C(=O)Cc1cnn2c1CCCC2. The van der Waals surface area contributed by atoms with Gasteiger partial charge in [-0.25, -0.2) is 0 Å². The fourth-order valence-corrected chi connectivity index (χ4v) is 2.91. The van der Waals surface area contributed by atoms with Crippen LogP contribution in [0.15, 0.2) is 6.20 Å². The summed E-state index contributed by atoms with van der Waals surface area (Å²) in [6, 6.07) is 1.68. The first kappa shape index (κ1) is 13.1. The molecule has 0 N–H and O–H groups in total. The highest BCUT2D eigenvalue weighted by Gasteiger charge is 2.28. The zero-order valence-corrected chi connectivity index (χ0v) is 11.4. The number of amides is 1. The van der Waals surface area contributed by atoms with Crippen LogP contribution in [0.3, 0.4) is 0 Å². The molecule has 6 heteroatoms. The Kier molecular flexibility index (Phi) is 3.70. The molecule has 1 aromatic heterocycles. The van der Waals surface area contributed by atoms with Crippen molar-refractivity contribution in [2.24, 2.45) is 0 Å². The van der Waals surface area contributed by atoms with E-state index in [0.29, 0.717) is 26.2 Å². The van der Waals surface area contributed by atoms with Crippen LogP contribution in [-0.4, -0.2) is 46.4 Å². The summed E-state index contributed by atoms with van der Waals surface area (Å²) in [5.74, 6) is 0.00113. The van der Waals surface area contributed by atoms with E-state index < -0.39 is 6.04 Å². The molecule has 1 saturated heterocycles. The second kappa shape index (κ2) is 5.63. The van der Waals surface area contributed by atoms with Gasteiger partial charge >= 0.3 is 0 Å². The zero-order chi connectivity index (χ0) is 13.9. The Morgan fingerprint density at radius 3 is 3.25 bits per heavy atom. The lowest BCUT2D eigenvalue weighted by Crippen LogP contribution is -2.48. The smallest absolute Gasteiger partial charge is 0.228 e. The van der Waals surface area contributed by atoms with Gasteiger partial charge < -0.3 is 9.64 Å². The molecule has 1 atom stereocenters. The lowest BCUT2D eigenvalue weighted by atomic mass is 10.0. The van der Waals surface area contributed by atoms with Crippen molar-refractivity contribution in [2.45, 2.75) is 38.3 Å². The molecular formula is C14H18N4O2. The van der Waals surface area contributed by atoms with Crippen LogP contribution < -0.4 is 0 Å². The van der Waals surface area contributed by atoms with Crippen molar-refractivity contribution in [3.63, 3.8) is 0 Å². The van der Waals surface area contributed by atoms with Gasteiger partial charge in [-0.1, -0.05) is 0 Å². The molecule has 0 radical (unpaired) electrons. The molecule has 1 unspecified atom stereocenters. The summed E-state index contributed by atoms with van der Waals surface area (Å²) in [5.41, 5.74) is 2.20. The topological polar surface area (TPSA) is 71.2 Å². The fraction of sp³-hybridized carbons (Fsp3) is 0.643. The van der Waals surface area contributed by atoms with E-state index in [0.717, 1.165) is 31.4 Å². The normalized spacial score (nSPS) is 22.1. The minimum atomic E-state index is -0.456.